The minimum atomic E-state index is -0.219. The molecule has 1 unspecified atom stereocenters. The van der Waals surface area contributed by atoms with Gasteiger partial charge in [0, 0.05) is 5.92 Å². The third-order valence-corrected chi connectivity index (χ3v) is 6.07. The molecule has 5 aliphatic carbocycles. The number of nitriles is 1. The molecule has 5 rings (SSSR count). The van der Waals surface area contributed by atoms with E-state index in [1.54, 1.807) is 0 Å². The topological polar surface area (TPSA) is 52.9 Å². The minimum absolute atomic E-state index is 0.139. The van der Waals surface area contributed by atoms with Crippen LogP contribution in [0.4, 0.5) is 0 Å². The molecule has 0 spiro atoms. The molecule has 5 fully saturated rings. The number of hydrogen-bond donors (Lipinski definition) is 1. The number of hydrogen-bond acceptors (Lipinski definition) is 2. The Hall–Kier alpha value is -1.04. The maximum Gasteiger partial charge on any atom is 0.224 e. The van der Waals surface area contributed by atoms with Crippen molar-refractivity contribution < 1.29 is 4.79 Å². The fraction of sp³-hybridized carbons (Fsp3) is 0.875. The summed E-state index contributed by atoms with van der Waals surface area (Å²) in [6, 6.07) is 2.19. The van der Waals surface area contributed by atoms with Crippen molar-refractivity contribution in [2.45, 2.75) is 51.0 Å². The summed E-state index contributed by atoms with van der Waals surface area (Å²) in [4.78, 5) is 11.9. The smallest absolute Gasteiger partial charge is 0.224 e. The van der Waals surface area contributed by atoms with Crippen molar-refractivity contribution in [2.75, 3.05) is 0 Å². The van der Waals surface area contributed by atoms with Crippen LogP contribution < -0.4 is 5.32 Å². The summed E-state index contributed by atoms with van der Waals surface area (Å²) in [6.07, 6.45) is 8.73. The first kappa shape index (κ1) is 11.8. The van der Waals surface area contributed by atoms with Crippen LogP contribution >= 0.6 is 0 Å². The van der Waals surface area contributed by atoms with E-state index in [0.29, 0.717) is 17.8 Å². The molecule has 0 aromatic heterocycles. The van der Waals surface area contributed by atoms with Crippen LogP contribution in [0.5, 0.6) is 0 Å². The highest BCUT2D eigenvalue weighted by Crippen LogP contribution is 2.57. The van der Waals surface area contributed by atoms with E-state index in [9.17, 15) is 10.1 Å². The highest BCUT2D eigenvalue weighted by molar-refractivity contribution is 5.81. The summed E-state index contributed by atoms with van der Waals surface area (Å²) in [5, 5.41) is 12.6. The molecule has 19 heavy (non-hydrogen) atoms. The van der Waals surface area contributed by atoms with Crippen LogP contribution in [-0.2, 0) is 4.79 Å². The van der Waals surface area contributed by atoms with E-state index < -0.39 is 0 Å². The molecule has 0 heterocycles. The average Bonchev–Trinajstić information content (AvgIpc) is 3.20. The van der Waals surface area contributed by atoms with Crippen molar-refractivity contribution in [3.05, 3.63) is 0 Å². The van der Waals surface area contributed by atoms with Gasteiger partial charge in [0.25, 0.3) is 0 Å². The lowest BCUT2D eigenvalue weighted by Gasteiger charge is -2.55. The summed E-state index contributed by atoms with van der Waals surface area (Å²) in [5.41, 5.74) is 0. The number of carbonyl (C=O) groups is 1. The number of carbonyl (C=O) groups excluding carboxylic acids is 1. The highest BCUT2D eigenvalue weighted by atomic mass is 16.2. The van der Waals surface area contributed by atoms with Crippen LogP contribution in [-0.4, -0.2) is 11.9 Å². The van der Waals surface area contributed by atoms with E-state index >= 15 is 0 Å². The number of nitrogens with zero attached hydrogens (tertiary/aromatic N) is 1. The second kappa shape index (κ2) is 4.23. The molecule has 0 radical (unpaired) electrons. The van der Waals surface area contributed by atoms with Gasteiger partial charge in [0.05, 0.1) is 6.07 Å². The third kappa shape index (κ3) is 1.96. The summed E-state index contributed by atoms with van der Waals surface area (Å²) >= 11 is 0. The molecule has 5 aliphatic rings. The number of amides is 1. The first-order valence-corrected chi connectivity index (χ1v) is 7.94. The van der Waals surface area contributed by atoms with Crippen molar-refractivity contribution >= 4 is 5.91 Å². The molecule has 0 saturated heterocycles. The Kier molecular flexibility index (Phi) is 2.62. The minimum Gasteiger partial charge on any atom is -0.340 e. The van der Waals surface area contributed by atoms with Gasteiger partial charge in [0.15, 0.2) is 0 Å². The van der Waals surface area contributed by atoms with Crippen molar-refractivity contribution in [1.82, 2.24) is 5.32 Å². The molecular weight excluding hydrogens is 236 g/mol. The Labute approximate surface area is 114 Å². The molecule has 1 atom stereocenters. The van der Waals surface area contributed by atoms with Gasteiger partial charge in [-0.05, 0) is 74.5 Å². The molecular formula is C16H22N2O. The van der Waals surface area contributed by atoms with E-state index in [-0.39, 0.29) is 17.9 Å². The zero-order valence-corrected chi connectivity index (χ0v) is 11.3. The Morgan fingerprint density at radius 3 is 2.11 bits per heavy atom. The fourth-order valence-corrected chi connectivity index (χ4v) is 5.34. The molecule has 0 aromatic rings. The first-order valence-electron chi connectivity index (χ1n) is 7.94. The highest BCUT2D eigenvalue weighted by Gasteiger charge is 2.51. The molecule has 1 amide bonds. The maximum absolute atomic E-state index is 11.9. The van der Waals surface area contributed by atoms with Crippen molar-refractivity contribution in [2.24, 2.45) is 35.5 Å². The first-order chi connectivity index (χ1) is 9.24. The fourth-order valence-electron chi connectivity index (χ4n) is 5.34. The molecule has 3 nitrogen and oxygen atoms in total. The lowest BCUT2D eigenvalue weighted by Crippen LogP contribution is -2.53. The molecule has 4 bridgehead atoms. The standard InChI is InChI=1S/C16H22N2O/c17-8-14(18-16(19)11-1-2-11)15-12-4-9-3-10(6-12)7-13(15)5-9/h9-15H,1-7H2,(H,18,19). The van der Waals surface area contributed by atoms with Gasteiger partial charge in [-0.3, -0.25) is 4.79 Å². The molecule has 3 heteroatoms. The zero-order chi connectivity index (χ0) is 13.0. The maximum atomic E-state index is 11.9. The van der Waals surface area contributed by atoms with Crippen LogP contribution in [0.15, 0.2) is 0 Å². The lowest BCUT2D eigenvalue weighted by atomic mass is 9.50. The van der Waals surface area contributed by atoms with Crippen LogP contribution in [0.1, 0.15) is 44.9 Å². The predicted octanol–water partition coefficient (Wildman–Crippen LogP) is 2.48. The number of nitrogens with one attached hydrogen (secondary N) is 1. The molecule has 5 saturated carbocycles. The Morgan fingerprint density at radius 2 is 1.63 bits per heavy atom. The third-order valence-electron chi connectivity index (χ3n) is 6.07. The largest absolute Gasteiger partial charge is 0.340 e. The lowest BCUT2D eigenvalue weighted by molar-refractivity contribution is -0.124. The second-order valence-corrected chi connectivity index (χ2v) is 7.40. The van der Waals surface area contributed by atoms with E-state index in [0.717, 1.165) is 24.7 Å². The molecule has 102 valence electrons. The normalized spacial score (nSPS) is 44.7. The molecule has 1 N–H and O–H groups in total. The van der Waals surface area contributed by atoms with Gasteiger partial charge in [0.1, 0.15) is 6.04 Å². The van der Waals surface area contributed by atoms with Gasteiger partial charge in [-0.25, -0.2) is 0 Å². The summed E-state index contributed by atoms with van der Waals surface area (Å²) < 4.78 is 0. The van der Waals surface area contributed by atoms with E-state index in [1.165, 1.54) is 32.1 Å². The van der Waals surface area contributed by atoms with Gasteiger partial charge in [0.2, 0.25) is 5.91 Å². The van der Waals surface area contributed by atoms with Gasteiger partial charge in [-0.1, -0.05) is 0 Å². The Bertz CT molecular complexity index is 407. The van der Waals surface area contributed by atoms with E-state index in [1.807, 2.05) is 0 Å². The van der Waals surface area contributed by atoms with E-state index in [2.05, 4.69) is 11.4 Å². The Morgan fingerprint density at radius 1 is 1.05 bits per heavy atom. The van der Waals surface area contributed by atoms with Crippen molar-refractivity contribution in [3.8, 4) is 6.07 Å². The zero-order valence-electron chi connectivity index (χ0n) is 11.3. The second-order valence-electron chi connectivity index (χ2n) is 7.40. The van der Waals surface area contributed by atoms with Crippen molar-refractivity contribution in [1.29, 1.82) is 5.26 Å². The molecule has 0 aliphatic heterocycles. The van der Waals surface area contributed by atoms with E-state index in [4.69, 9.17) is 0 Å². The SMILES string of the molecule is N#CC(NC(=O)C1CC1)C1C2CC3CC(C2)CC1C3. The number of rotatable bonds is 3. The average molecular weight is 258 g/mol. The Balaban J connectivity index is 1.50. The van der Waals surface area contributed by atoms with Crippen LogP contribution in [0.3, 0.4) is 0 Å². The molecule has 0 aromatic carbocycles. The van der Waals surface area contributed by atoms with Crippen molar-refractivity contribution in [3.63, 3.8) is 0 Å². The quantitative estimate of drug-likeness (QED) is 0.845. The van der Waals surface area contributed by atoms with Crippen LogP contribution in [0, 0.1) is 46.8 Å². The summed E-state index contributed by atoms with van der Waals surface area (Å²) in [5.74, 6) is 4.07. The van der Waals surface area contributed by atoms with Crippen LogP contribution in [0.25, 0.3) is 0 Å². The predicted molar refractivity (Wildman–Crippen MR) is 70.8 cm³/mol. The monoisotopic (exact) mass is 258 g/mol. The summed E-state index contributed by atoms with van der Waals surface area (Å²) in [6.45, 7) is 0. The van der Waals surface area contributed by atoms with Gasteiger partial charge >= 0.3 is 0 Å². The van der Waals surface area contributed by atoms with Gasteiger partial charge < -0.3 is 5.32 Å². The van der Waals surface area contributed by atoms with Gasteiger partial charge in [-0.2, -0.15) is 5.26 Å². The van der Waals surface area contributed by atoms with Gasteiger partial charge in [-0.15, -0.1) is 0 Å². The summed E-state index contributed by atoms with van der Waals surface area (Å²) in [7, 11) is 0. The van der Waals surface area contributed by atoms with Crippen LogP contribution in [0.2, 0.25) is 0 Å².